The summed E-state index contributed by atoms with van der Waals surface area (Å²) >= 11 is 0. The van der Waals surface area contributed by atoms with Gasteiger partial charge in [-0.05, 0) is 6.07 Å². The maximum Gasteiger partial charge on any atom is 0.322 e. The highest BCUT2D eigenvalue weighted by Crippen LogP contribution is 2.46. The Balaban J connectivity index is 2.59. The first kappa shape index (κ1) is 19.4. The van der Waals surface area contributed by atoms with Gasteiger partial charge in [0.2, 0.25) is 0 Å². The Bertz CT molecular complexity index is 712. The zero-order chi connectivity index (χ0) is 19.4. The maximum absolute atomic E-state index is 12.3. The Morgan fingerprint density at radius 2 is 1.38 bits per heavy atom. The number of methoxy groups -OCH3 is 5. The van der Waals surface area contributed by atoms with Crippen LogP contribution in [-0.2, 0) is 28.6 Å². The molecule has 0 spiro atoms. The molecule has 0 saturated carbocycles. The number of hydrogen-bond donors (Lipinski definition) is 0. The Morgan fingerprint density at radius 1 is 0.846 bits per heavy atom. The van der Waals surface area contributed by atoms with Gasteiger partial charge < -0.3 is 28.4 Å². The molecule has 0 unspecified atom stereocenters. The summed E-state index contributed by atoms with van der Waals surface area (Å²) in [5.41, 5.74) is 0.334. The highest BCUT2D eigenvalue weighted by atomic mass is 16.6. The fraction of sp³-hybridized carbons (Fsp3) is 0.471. The molecule has 0 aromatic heterocycles. The van der Waals surface area contributed by atoms with E-state index in [1.807, 2.05) is 0 Å². The smallest absolute Gasteiger partial charge is 0.322 e. The van der Waals surface area contributed by atoms with Gasteiger partial charge in [-0.1, -0.05) is 0 Å². The minimum Gasteiger partial charge on any atom is -0.496 e. The zero-order valence-corrected chi connectivity index (χ0v) is 15.1. The number of hydrogen-bond acceptors (Lipinski definition) is 9. The largest absolute Gasteiger partial charge is 0.496 e. The number of carbonyl (C=O) groups excluding carboxylic acids is 3. The Hall–Kier alpha value is -2.97. The van der Waals surface area contributed by atoms with Gasteiger partial charge in [0.1, 0.15) is 17.8 Å². The van der Waals surface area contributed by atoms with Crippen molar-refractivity contribution in [1.29, 1.82) is 0 Å². The van der Waals surface area contributed by atoms with E-state index in [1.54, 1.807) is 0 Å². The van der Waals surface area contributed by atoms with Crippen LogP contribution in [0.2, 0.25) is 0 Å². The minimum atomic E-state index is -1.43. The number of esters is 3. The normalized spacial score (nSPS) is 21.6. The molecule has 9 nitrogen and oxygen atoms in total. The van der Waals surface area contributed by atoms with Gasteiger partial charge >= 0.3 is 17.9 Å². The summed E-state index contributed by atoms with van der Waals surface area (Å²) in [7, 11) is 6.57. The van der Waals surface area contributed by atoms with Crippen molar-refractivity contribution in [3.63, 3.8) is 0 Å². The Morgan fingerprint density at radius 3 is 1.88 bits per heavy atom. The van der Waals surface area contributed by atoms with Crippen LogP contribution in [0.4, 0.5) is 0 Å². The van der Waals surface area contributed by atoms with E-state index in [0.29, 0.717) is 22.8 Å². The second kappa shape index (κ2) is 7.94. The van der Waals surface area contributed by atoms with Crippen LogP contribution in [0.15, 0.2) is 12.1 Å². The predicted octanol–water partition coefficient (Wildman–Crippen LogP) is 0.889. The first-order valence-corrected chi connectivity index (χ1v) is 7.59. The van der Waals surface area contributed by atoms with Crippen LogP contribution in [-0.4, -0.2) is 53.5 Å². The van der Waals surface area contributed by atoms with E-state index in [4.69, 9.17) is 23.7 Å². The third kappa shape index (κ3) is 3.24. The lowest BCUT2D eigenvalue weighted by Crippen LogP contribution is -2.33. The standard InChI is InChI=1S/C17H20O9/c1-21-9-7-11(23-3)10(22-2)6-8(9)14-12(15(18)24-4)13(16(19)25-5)17(20)26-14/h6-7,12-14H,1-5H3/t12-,13+,14+/m1/s1. The van der Waals surface area contributed by atoms with E-state index in [9.17, 15) is 14.4 Å². The number of carbonyl (C=O) groups is 3. The van der Waals surface area contributed by atoms with Crippen LogP contribution in [0.5, 0.6) is 17.2 Å². The molecule has 0 N–H and O–H groups in total. The average molecular weight is 368 g/mol. The first-order valence-electron chi connectivity index (χ1n) is 7.59. The van der Waals surface area contributed by atoms with E-state index in [-0.39, 0.29) is 0 Å². The molecule has 2 rings (SSSR count). The van der Waals surface area contributed by atoms with E-state index in [2.05, 4.69) is 4.74 Å². The zero-order valence-electron chi connectivity index (χ0n) is 15.1. The van der Waals surface area contributed by atoms with Gasteiger partial charge in [-0.25, -0.2) is 0 Å². The molecule has 1 saturated heterocycles. The van der Waals surface area contributed by atoms with Crippen molar-refractivity contribution in [2.75, 3.05) is 35.5 Å². The summed E-state index contributed by atoms with van der Waals surface area (Å²) in [6.45, 7) is 0. The fourth-order valence-corrected chi connectivity index (χ4v) is 2.89. The van der Waals surface area contributed by atoms with E-state index < -0.39 is 35.8 Å². The Kier molecular flexibility index (Phi) is 5.91. The summed E-state index contributed by atoms with van der Waals surface area (Å²) in [6, 6.07) is 3.05. The number of rotatable bonds is 6. The van der Waals surface area contributed by atoms with Crippen molar-refractivity contribution in [3.8, 4) is 17.2 Å². The molecule has 0 bridgehead atoms. The van der Waals surface area contributed by atoms with Crippen molar-refractivity contribution >= 4 is 17.9 Å². The Labute approximate surface area is 150 Å². The lowest BCUT2D eigenvalue weighted by atomic mass is 9.86. The van der Waals surface area contributed by atoms with Gasteiger partial charge in [0.15, 0.2) is 17.4 Å². The predicted molar refractivity (Wildman–Crippen MR) is 85.9 cm³/mol. The van der Waals surface area contributed by atoms with Crippen LogP contribution in [0, 0.1) is 11.8 Å². The maximum atomic E-state index is 12.3. The molecule has 1 fully saturated rings. The summed E-state index contributed by atoms with van der Waals surface area (Å²) < 4.78 is 30.5. The van der Waals surface area contributed by atoms with E-state index >= 15 is 0 Å². The van der Waals surface area contributed by atoms with Crippen LogP contribution in [0.1, 0.15) is 11.7 Å². The molecule has 1 aromatic carbocycles. The van der Waals surface area contributed by atoms with Gasteiger partial charge in [-0.3, -0.25) is 14.4 Å². The van der Waals surface area contributed by atoms with Gasteiger partial charge in [0.05, 0.1) is 35.5 Å². The topological polar surface area (TPSA) is 107 Å². The summed E-state index contributed by atoms with van der Waals surface area (Å²) in [5.74, 6) is -4.20. The van der Waals surface area contributed by atoms with E-state index in [1.165, 1.54) is 33.5 Å². The number of benzene rings is 1. The molecule has 0 aliphatic carbocycles. The van der Waals surface area contributed by atoms with Gasteiger partial charge in [-0.15, -0.1) is 0 Å². The van der Waals surface area contributed by atoms with Crippen LogP contribution >= 0.6 is 0 Å². The van der Waals surface area contributed by atoms with Gasteiger partial charge in [0.25, 0.3) is 0 Å². The third-order valence-electron chi connectivity index (χ3n) is 4.15. The fourth-order valence-electron chi connectivity index (χ4n) is 2.89. The first-order chi connectivity index (χ1) is 12.4. The molecule has 1 aliphatic heterocycles. The molecular formula is C17H20O9. The molecule has 1 heterocycles. The van der Waals surface area contributed by atoms with E-state index in [0.717, 1.165) is 14.2 Å². The lowest BCUT2D eigenvalue weighted by molar-refractivity contribution is -0.159. The molecule has 0 radical (unpaired) electrons. The average Bonchev–Trinajstić information content (AvgIpc) is 3.02. The summed E-state index contributed by atoms with van der Waals surface area (Å²) in [6.07, 6.45) is -1.12. The molecule has 26 heavy (non-hydrogen) atoms. The molecule has 9 heteroatoms. The van der Waals surface area contributed by atoms with Crippen molar-refractivity contribution < 1.29 is 42.8 Å². The van der Waals surface area contributed by atoms with Crippen LogP contribution < -0.4 is 14.2 Å². The second-order valence-electron chi connectivity index (χ2n) is 5.36. The summed E-state index contributed by atoms with van der Waals surface area (Å²) in [4.78, 5) is 36.5. The van der Waals surface area contributed by atoms with Gasteiger partial charge in [0, 0.05) is 11.6 Å². The van der Waals surface area contributed by atoms with Gasteiger partial charge in [-0.2, -0.15) is 0 Å². The van der Waals surface area contributed by atoms with Crippen molar-refractivity contribution in [1.82, 2.24) is 0 Å². The highest BCUT2D eigenvalue weighted by Gasteiger charge is 2.55. The lowest BCUT2D eigenvalue weighted by Gasteiger charge is -2.21. The molecule has 0 amide bonds. The third-order valence-corrected chi connectivity index (χ3v) is 4.15. The molecule has 1 aromatic rings. The SMILES string of the molecule is COC(=O)[C@H]1C(=O)O[C@@H](c2cc(OC)c(OC)cc2OC)[C@@H]1C(=O)OC. The summed E-state index contributed by atoms with van der Waals surface area (Å²) in [5, 5.41) is 0. The molecule has 3 atom stereocenters. The molecule has 142 valence electrons. The van der Waals surface area contributed by atoms with Crippen LogP contribution in [0.3, 0.4) is 0 Å². The molecule has 1 aliphatic rings. The van der Waals surface area contributed by atoms with Crippen molar-refractivity contribution in [3.05, 3.63) is 17.7 Å². The highest BCUT2D eigenvalue weighted by molar-refractivity contribution is 6.01. The number of ether oxygens (including phenoxy) is 6. The number of cyclic esters (lactones) is 1. The van der Waals surface area contributed by atoms with Crippen molar-refractivity contribution in [2.45, 2.75) is 6.10 Å². The molecular weight excluding hydrogens is 348 g/mol. The van der Waals surface area contributed by atoms with Crippen LogP contribution in [0.25, 0.3) is 0 Å². The monoisotopic (exact) mass is 368 g/mol. The minimum absolute atomic E-state index is 0.292. The second-order valence-corrected chi connectivity index (χ2v) is 5.36. The quantitative estimate of drug-likeness (QED) is 0.411. The van der Waals surface area contributed by atoms with Crippen molar-refractivity contribution in [2.24, 2.45) is 11.8 Å².